The summed E-state index contributed by atoms with van der Waals surface area (Å²) in [5, 5.41) is 4.42. The Kier molecular flexibility index (Phi) is 4.33. The second-order valence-electron chi connectivity index (χ2n) is 6.63. The van der Waals surface area contributed by atoms with Crippen LogP contribution in [0.2, 0.25) is 5.02 Å². The van der Waals surface area contributed by atoms with Gasteiger partial charge in [-0.15, -0.1) is 11.3 Å². The lowest BCUT2D eigenvalue weighted by Crippen LogP contribution is -2.57. The van der Waals surface area contributed by atoms with Crippen LogP contribution in [0.25, 0.3) is 10.4 Å². The number of halogens is 1. The minimum Gasteiger partial charge on any atom is -0.346 e. The van der Waals surface area contributed by atoms with E-state index < -0.39 is 0 Å². The summed E-state index contributed by atoms with van der Waals surface area (Å²) in [7, 11) is 0. The molecule has 126 valence electrons. The van der Waals surface area contributed by atoms with Gasteiger partial charge in [-0.2, -0.15) is 0 Å². The maximum absolute atomic E-state index is 12.7. The van der Waals surface area contributed by atoms with Crippen molar-refractivity contribution in [3.8, 4) is 10.4 Å². The van der Waals surface area contributed by atoms with Crippen molar-refractivity contribution >= 4 is 28.8 Å². The van der Waals surface area contributed by atoms with Crippen molar-refractivity contribution in [2.45, 2.75) is 25.8 Å². The van der Waals surface area contributed by atoms with E-state index in [-0.39, 0.29) is 11.9 Å². The minimum atomic E-state index is -0.0554. The lowest BCUT2D eigenvalue weighted by atomic mass is 9.84. The molecule has 0 spiro atoms. The quantitative estimate of drug-likeness (QED) is 0.908. The third kappa shape index (κ3) is 2.96. The molecule has 1 unspecified atom stereocenters. The van der Waals surface area contributed by atoms with Crippen LogP contribution in [0, 0.1) is 12.8 Å². The first-order valence-corrected chi connectivity index (χ1v) is 9.57. The number of piperidine rings is 3. The largest absolute Gasteiger partial charge is 0.346 e. The van der Waals surface area contributed by atoms with Crippen LogP contribution in [0.3, 0.4) is 0 Å². The predicted octanol–water partition coefficient (Wildman–Crippen LogP) is 3.60. The summed E-state index contributed by atoms with van der Waals surface area (Å²) in [6, 6.07) is 7.95. The second-order valence-corrected chi connectivity index (χ2v) is 8.04. The molecule has 3 saturated heterocycles. The highest BCUT2D eigenvalue weighted by molar-refractivity contribution is 7.17. The molecule has 2 bridgehead atoms. The van der Waals surface area contributed by atoms with E-state index in [1.165, 1.54) is 37.3 Å². The Hall–Kier alpha value is -1.43. The van der Waals surface area contributed by atoms with E-state index in [0.29, 0.717) is 15.9 Å². The number of carbonyl (C=O) groups is 1. The zero-order valence-electron chi connectivity index (χ0n) is 13.6. The van der Waals surface area contributed by atoms with Crippen molar-refractivity contribution in [2.75, 3.05) is 19.6 Å². The van der Waals surface area contributed by atoms with Gasteiger partial charge in [0.25, 0.3) is 5.91 Å². The number of thiazole rings is 1. The lowest BCUT2D eigenvalue weighted by Gasteiger charge is -2.44. The maximum atomic E-state index is 12.7. The van der Waals surface area contributed by atoms with Crippen molar-refractivity contribution in [1.82, 2.24) is 15.2 Å². The number of hydrogen-bond donors (Lipinski definition) is 1. The molecule has 5 rings (SSSR count). The molecule has 4 nitrogen and oxygen atoms in total. The van der Waals surface area contributed by atoms with Crippen LogP contribution in [0.4, 0.5) is 0 Å². The van der Waals surface area contributed by atoms with Crippen LogP contribution >= 0.6 is 22.9 Å². The van der Waals surface area contributed by atoms with Crippen LogP contribution in [0.15, 0.2) is 24.3 Å². The van der Waals surface area contributed by atoms with E-state index in [0.717, 1.165) is 22.7 Å². The SMILES string of the molecule is Cc1nc(C(=O)NC2CN3CCC2CC3)sc1-c1ccccc1Cl. The van der Waals surface area contributed by atoms with Gasteiger partial charge < -0.3 is 10.2 Å². The fourth-order valence-corrected chi connectivity index (χ4v) is 5.04. The Morgan fingerprint density at radius 3 is 2.75 bits per heavy atom. The third-order valence-electron chi connectivity index (χ3n) is 5.08. The summed E-state index contributed by atoms with van der Waals surface area (Å²) in [4.78, 5) is 20.6. The molecule has 1 aromatic heterocycles. The second kappa shape index (κ2) is 6.47. The summed E-state index contributed by atoms with van der Waals surface area (Å²) in [5.74, 6) is 0.559. The number of carbonyl (C=O) groups excluding carboxylic acids is 1. The van der Waals surface area contributed by atoms with E-state index in [9.17, 15) is 4.79 Å². The maximum Gasteiger partial charge on any atom is 0.280 e. The van der Waals surface area contributed by atoms with Crippen LogP contribution in [0.5, 0.6) is 0 Å². The fourth-order valence-electron chi connectivity index (χ4n) is 3.75. The van der Waals surface area contributed by atoms with E-state index in [4.69, 9.17) is 11.6 Å². The zero-order valence-corrected chi connectivity index (χ0v) is 15.2. The number of rotatable bonds is 3. The summed E-state index contributed by atoms with van der Waals surface area (Å²) in [6.45, 7) is 5.24. The van der Waals surface area contributed by atoms with E-state index in [2.05, 4.69) is 15.2 Å². The molecule has 0 radical (unpaired) electrons. The summed E-state index contributed by atoms with van der Waals surface area (Å²) in [6.07, 6.45) is 2.37. The molecule has 0 aliphatic carbocycles. The monoisotopic (exact) mass is 361 g/mol. The van der Waals surface area contributed by atoms with Crippen LogP contribution in [-0.2, 0) is 0 Å². The topological polar surface area (TPSA) is 45.2 Å². The Bertz CT molecular complexity index is 767. The highest BCUT2D eigenvalue weighted by Gasteiger charge is 2.35. The third-order valence-corrected chi connectivity index (χ3v) is 6.60. The summed E-state index contributed by atoms with van der Waals surface area (Å²) >= 11 is 7.71. The Balaban J connectivity index is 1.54. The molecule has 1 aromatic carbocycles. The smallest absolute Gasteiger partial charge is 0.280 e. The first-order chi connectivity index (χ1) is 11.6. The zero-order chi connectivity index (χ0) is 16.7. The number of aromatic nitrogens is 1. The number of hydrogen-bond acceptors (Lipinski definition) is 4. The van der Waals surface area contributed by atoms with E-state index in [1.807, 2.05) is 31.2 Å². The molecule has 3 fully saturated rings. The van der Waals surface area contributed by atoms with Gasteiger partial charge in [0.2, 0.25) is 0 Å². The molecule has 1 atom stereocenters. The first-order valence-electron chi connectivity index (χ1n) is 8.37. The van der Waals surface area contributed by atoms with Crippen molar-refractivity contribution in [3.63, 3.8) is 0 Å². The van der Waals surface area contributed by atoms with E-state index >= 15 is 0 Å². The van der Waals surface area contributed by atoms with Crippen molar-refractivity contribution < 1.29 is 4.79 Å². The van der Waals surface area contributed by atoms with E-state index in [1.54, 1.807) is 0 Å². The van der Waals surface area contributed by atoms with Gasteiger partial charge in [-0.1, -0.05) is 29.8 Å². The van der Waals surface area contributed by atoms with Crippen molar-refractivity contribution in [1.29, 1.82) is 0 Å². The first kappa shape index (κ1) is 16.1. The molecular weight excluding hydrogens is 342 g/mol. The number of fused-ring (bicyclic) bond motifs is 3. The molecule has 1 amide bonds. The highest BCUT2D eigenvalue weighted by atomic mass is 35.5. The lowest BCUT2D eigenvalue weighted by molar-refractivity contribution is 0.0620. The van der Waals surface area contributed by atoms with Crippen LogP contribution in [0.1, 0.15) is 28.3 Å². The summed E-state index contributed by atoms with van der Waals surface area (Å²) < 4.78 is 0. The molecule has 3 aliphatic rings. The standard InChI is InChI=1S/C18H20ClN3OS/c1-11-16(13-4-2-3-5-14(13)19)24-18(20-11)17(23)21-15-10-22-8-6-12(15)7-9-22/h2-5,12,15H,6-10H2,1H3,(H,21,23). The number of nitrogens with zero attached hydrogens (tertiary/aromatic N) is 2. The van der Waals surface area contributed by atoms with Crippen LogP contribution in [-0.4, -0.2) is 41.5 Å². The Labute approximate surface area is 150 Å². The van der Waals surface area contributed by atoms with Gasteiger partial charge in [0.15, 0.2) is 5.01 Å². The van der Waals surface area contributed by atoms with Crippen molar-refractivity contribution in [3.05, 3.63) is 40.0 Å². The number of nitrogens with one attached hydrogen (secondary N) is 1. The summed E-state index contributed by atoms with van der Waals surface area (Å²) in [5.41, 5.74) is 1.79. The van der Waals surface area contributed by atoms with Gasteiger partial charge in [0.05, 0.1) is 10.6 Å². The van der Waals surface area contributed by atoms with Gasteiger partial charge in [-0.05, 0) is 44.8 Å². The van der Waals surface area contributed by atoms with Gasteiger partial charge in [0.1, 0.15) is 0 Å². The highest BCUT2D eigenvalue weighted by Crippen LogP contribution is 2.35. The van der Waals surface area contributed by atoms with Gasteiger partial charge >= 0.3 is 0 Å². The molecule has 2 aromatic rings. The molecule has 6 heteroatoms. The number of amides is 1. The molecule has 1 N–H and O–H groups in total. The number of benzene rings is 1. The average Bonchev–Trinajstić information content (AvgIpc) is 2.98. The van der Waals surface area contributed by atoms with Crippen molar-refractivity contribution in [2.24, 2.45) is 5.92 Å². The Morgan fingerprint density at radius 1 is 1.33 bits per heavy atom. The normalized spacial score (nSPS) is 25.7. The molecule has 4 heterocycles. The predicted molar refractivity (Wildman–Crippen MR) is 97.7 cm³/mol. The minimum absolute atomic E-state index is 0.0554. The van der Waals surface area contributed by atoms with Gasteiger partial charge in [-0.25, -0.2) is 4.98 Å². The van der Waals surface area contributed by atoms with Crippen LogP contribution < -0.4 is 5.32 Å². The fraction of sp³-hybridized carbons (Fsp3) is 0.444. The molecular formula is C18H20ClN3OS. The molecule has 3 aliphatic heterocycles. The molecule has 24 heavy (non-hydrogen) atoms. The Morgan fingerprint density at radius 2 is 2.08 bits per heavy atom. The van der Waals surface area contributed by atoms with Gasteiger partial charge in [0, 0.05) is 23.2 Å². The number of aryl methyl sites for hydroxylation is 1. The average molecular weight is 362 g/mol. The van der Waals surface area contributed by atoms with Gasteiger partial charge in [-0.3, -0.25) is 4.79 Å². The molecule has 0 saturated carbocycles.